The van der Waals surface area contributed by atoms with E-state index in [2.05, 4.69) is 5.10 Å². The molecular weight excluding hydrogens is 370 g/mol. The summed E-state index contributed by atoms with van der Waals surface area (Å²) >= 11 is 5.65. The molecule has 1 aliphatic rings. The number of para-hydroxylation sites is 1. The molecule has 0 amide bonds. The first-order valence-corrected chi connectivity index (χ1v) is 7.30. The third kappa shape index (κ3) is 2.55. The topological polar surface area (TPSA) is 15.6 Å². The summed E-state index contributed by atoms with van der Waals surface area (Å²) in [7, 11) is 0. The quantitative estimate of drug-likeness (QED) is 0.503. The first-order chi connectivity index (χ1) is 11.6. The Kier molecular flexibility index (Phi) is 3.98. The molecule has 0 aliphatic carbocycles. The Balaban J connectivity index is 2.22. The monoisotopic (exact) mass is 378 g/mol. The van der Waals surface area contributed by atoms with Crippen molar-refractivity contribution in [2.75, 3.05) is 5.01 Å². The van der Waals surface area contributed by atoms with Crippen LogP contribution >= 0.6 is 11.6 Å². The lowest BCUT2D eigenvalue weighted by Gasteiger charge is -2.35. The van der Waals surface area contributed by atoms with Crippen molar-refractivity contribution in [2.45, 2.75) is 17.9 Å². The van der Waals surface area contributed by atoms with Gasteiger partial charge in [0.15, 0.2) is 0 Å². The molecule has 2 aromatic carbocycles. The van der Waals surface area contributed by atoms with Gasteiger partial charge in [-0.05, 0) is 24.3 Å². The number of nitrogens with zero attached hydrogens (tertiary/aromatic N) is 2. The normalized spacial score (nSPS) is 22.8. The van der Waals surface area contributed by atoms with Crippen LogP contribution in [-0.4, -0.2) is 23.6 Å². The summed E-state index contributed by atoms with van der Waals surface area (Å²) in [5, 5.41) is 3.16. The van der Waals surface area contributed by atoms with Crippen LogP contribution in [0.4, 0.5) is 32.0 Å². The van der Waals surface area contributed by atoms with E-state index < -0.39 is 29.3 Å². The number of anilines is 1. The van der Waals surface area contributed by atoms with Crippen molar-refractivity contribution in [2.24, 2.45) is 5.10 Å². The van der Waals surface area contributed by atoms with E-state index in [1.165, 1.54) is 30.3 Å². The number of hydrogen-bond acceptors (Lipinski definition) is 2. The first kappa shape index (κ1) is 17.6. The summed E-state index contributed by atoms with van der Waals surface area (Å²) in [5.74, 6) is -9.95. The van der Waals surface area contributed by atoms with Crippen LogP contribution in [0.5, 0.6) is 0 Å². The van der Waals surface area contributed by atoms with Crippen LogP contribution in [0.2, 0.25) is 5.02 Å². The molecule has 0 saturated heterocycles. The Morgan fingerprint density at radius 2 is 1.44 bits per heavy atom. The van der Waals surface area contributed by atoms with Gasteiger partial charge in [0.25, 0.3) is 0 Å². The number of hydrazone groups is 1. The largest absolute Gasteiger partial charge is 0.450 e. The number of alkyl halides is 6. The molecule has 0 aromatic heterocycles. The van der Waals surface area contributed by atoms with Crippen LogP contribution in [-0.2, 0) is 0 Å². The highest BCUT2D eigenvalue weighted by Gasteiger charge is 2.80. The maximum Gasteiger partial charge on any atom is 0.450 e. The molecule has 0 radical (unpaired) electrons. The standard InChI is InChI=1S/C16H9ClF6N2/c17-11-8-6-10(7-9-11)13-14(18,19)15(20,16(21,22)23)25(24-13)12-4-2-1-3-5-12/h1-9H. The summed E-state index contributed by atoms with van der Waals surface area (Å²) in [6.07, 6.45) is -5.90. The molecule has 3 rings (SSSR count). The predicted molar refractivity (Wildman–Crippen MR) is 81.8 cm³/mol. The van der Waals surface area contributed by atoms with Gasteiger partial charge in [0, 0.05) is 10.6 Å². The highest BCUT2D eigenvalue weighted by Crippen LogP contribution is 2.54. The number of benzene rings is 2. The molecule has 2 aromatic rings. The van der Waals surface area contributed by atoms with E-state index in [0.29, 0.717) is 0 Å². The van der Waals surface area contributed by atoms with Crippen LogP contribution < -0.4 is 5.01 Å². The second-order valence-corrected chi connectivity index (χ2v) is 5.73. The SMILES string of the molecule is FC(F)(F)C1(F)N(c2ccccc2)N=C(c2ccc(Cl)cc2)C1(F)F. The minimum absolute atomic E-state index is 0.188. The van der Waals surface area contributed by atoms with E-state index in [4.69, 9.17) is 11.6 Å². The second-order valence-electron chi connectivity index (χ2n) is 5.30. The lowest BCUT2D eigenvalue weighted by Crippen LogP contribution is -2.63. The Morgan fingerprint density at radius 1 is 0.880 bits per heavy atom. The summed E-state index contributed by atoms with van der Waals surface area (Å²) in [6.45, 7) is 0. The summed E-state index contributed by atoms with van der Waals surface area (Å²) in [6, 6.07) is 10.7. The van der Waals surface area contributed by atoms with Crippen molar-refractivity contribution < 1.29 is 26.3 Å². The molecule has 1 heterocycles. The maximum absolute atomic E-state index is 14.9. The molecule has 25 heavy (non-hydrogen) atoms. The molecule has 2 nitrogen and oxygen atoms in total. The van der Waals surface area contributed by atoms with Crippen molar-refractivity contribution in [3.8, 4) is 0 Å². The molecular formula is C16H9ClF6N2. The predicted octanol–water partition coefficient (Wildman–Crippen LogP) is 5.43. The minimum Gasteiger partial charge on any atom is -0.215 e. The van der Waals surface area contributed by atoms with Gasteiger partial charge in [-0.25, -0.2) is 5.01 Å². The zero-order valence-corrected chi connectivity index (χ0v) is 13.0. The third-order valence-electron chi connectivity index (χ3n) is 3.70. The highest BCUT2D eigenvalue weighted by molar-refractivity contribution is 6.30. The summed E-state index contributed by atoms with van der Waals surface area (Å²) in [4.78, 5) is 0. The summed E-state index contributed by atoms with van der Waals surface area (Å²) < 4.78 is 84.0. The van der Waals surface area contributed by atoms with Crippen LogP contribution in [0, 0.1) is 0 Å². The van der Waals surface area contributed by atoms with Gasteiger partial charge in [-0.1, -0.05) is 41.9 Å². The van der Waals surface area contributed by atoms with Gasteiger partial charge in [0.2, 0.25) is 0 Å². The molecule has 1 unspecified atom stereocenters. The average molecular weight is 379 g/mol. The van der Waals surface area contributed by atoms with Gasteiger partial charge in [0.1, 0.15) is 5.71 Å². The van der Waals surface area contributed by atoms with E-state index >= 15 is 0 Å². The number of rotatable bonds is 2. The second kappa shape index (κ2) is 5.66. The van der Waals surface area contributed by atoms with E-state index in [9.17, 15) is 26.3 Å². The molecule has 0 N–H and O–H groups in total. The Morgan fingerprint density at radius 3 is 1.96 bits per heavy atom. The fourth-order valence-corrected chi connectivity index (χ4v) is 2.60. The number of halogens is 7. The van der Waals surface area contributed by atoms with E-state index in [1.807, 2.05) is 0 Å². The average Bonchev–Trinajstić information content (AvgIpc) is 2.77. The minimum atomic E-state index is -5.90. The van der Waals surface area contributed by atoms with Crippen molar-refractivity contribution >= 4 is 23.0 Å². The fourth-order valence-electron chi connectivity index (χ4n) is 2.47. The van der Waals surface area contributed by atoms with Crippen LogP contribution in [0.15, 0.2) is 59.7 Å². The van der Waals surface area contributed by atoms with Gasteiger partial charge in [-0.15, -0.1) is 0 Å². The first-order valence-electron chi connectivity index (χ1n) is 6.93. The Hall–Kier alpha value is -2.22. The van der Waals surface area contributed by atoms with E-state index in [1.54, 1.807) is 0 Å². The van der Waals surface area contributed by atoms with Crippen molar-refractivity contribution in [3.05, 3.63) is 65.2 Å². The highest BCUT2D eigenvalue weighted by atomic mass is 35.5. The Labute approximate surface area is 143 Å². The zero-order chi connectivity index (χ0) is 18.5. The molecule has 0 fully saturated rings. The summed E-state index contributed by atoms with van der Waals surface area (Å²) in [5.41, 5.74) is -2.14. The fraction of sp³-hybridized carbons (Fsp3) is 0.188. The smallest absolute Gasteiger partial charge is 0.215 e. The van der Waals surface area contributed by atoms with Crippen molar-refractivity contribution in [1.82, 2.24) is 0 Å². The van der Waals surface area contributed by atoms with Crippen molar-refractivity contribution in [3.63, 3.8) is 0 Å². The molecule has 1 aliphatic heterocycles. The van der Waals surface area contributed by atoms with Crippen LogP contribution in [0.3, 0.4) is 0 Å². The molecule has 132 valence electrons. The van der Waals surface area contributed by atoms with Gasteiger partial charge in [0.05, 0.1) is 5.69 Å². The molecule has 0 spiro atoms. The van der Waals surface area contributed by atoms with Gasteiger partial charge >= 0.3 is 17.9 Å². The maximum atomic E-state index is 14.9. The van der Waals surface area contributed by atoms with Crippen molar-refractivity contribution in [1.29, 1.82) is 0 Å². The van der Waals surface area contributed by atoms with Crippen LogP contribution in [0.1, 0.15) is 5.56 Å². The lowest BCUT2D eigenvalue weighted by molar-refractivity contribution is -0.278. The number of hydrogen-bond donors (Lipinski definition) is 0. The zero-order valence-electron chi connectivity index (χ0n) is 12.2. The van der Waals surface area contributed by atoms with Crippen LogP contribution in [0.25, 0.3) is 0 Å². The van der Waals surface area contributed by atoms with E-state index in [-0.39, 0.29) is 15.6 Å². The van der Waals surface area contributed by atoms with E-state index in [0.717, 1.165) is 24.3 Å². The molecule has 1 atom stereocenters. The third-order valence-corrected chi connectivity index (χ3v) is 3.95. The van der Waals surface area contributed by atoms with Gasteiger partial charge in [-0.3, -0.25) is 0 Å². The molecule has 0 bridgehead atoms. The molecule has 0 saturated carbocycles. The van der Waals surface area contributed by atoms with Gasteiger partial charge in [-0.2, -0.15) is 31.4 Å². The lowest BCUT2D eigenvalue weighted by atomic mass is 9.97. The van der Waals surface area contributed by atoms with Gasteiger partial charge < -0.3 is 0 Å². The molecule has 9 heteroatoms. The Bertz CT molecular complexity index is 804.